The molecule has 2 aromatic rings. The van der Waals surface area contributed by atoms with Crippen LogP contribution in [-0.4, -0.2) is 51.9 Å². The molecular formula is C25H33F2N5O2S. The molecule has 2 saturated heterocycles. The van der Waals surface area contributed by atoms with Crippen LogP contribution in [0.4, 0.5) is 14.5 Å². The van der Waals surface area contributed by atoms with E-state index in [-0.39, 0.29) is 29.8 Å². The SMILES string of the molecule is C[C@H]1CC[C@@H](C2CCCCC2)S(=O)(=O)N1Cc1cc(F)c(N2C[C@@H]3[C@H](C2)[C@H]3n2cnnc2)cc1F. The maximum atomic E-state index is 15.2. The quantitative estimate of drug-likeness (QED) is 0.611. The summed E-state index contributed by atoms with van der Waals surface area (Å²) in [5.74, 6) is -0.0985. The predicted octanol–water partition coefficient (Wildman–Crippen LogP) is 4.13. The van der Waals surface area contributed by atoms with Crippen LogP contribution in [0, 0.1) is 29.4 Å². The number of aromatic nitrogens is 3. The Bertz CT molecular complexity index is 1170. The molecule has 3 heterocycles. The molecule has 1 aromatic carbocycles. The maximum absolute atomic E-state index is 15.2. The molecule has 0 bridgehead atoms. The van der Waals surface area contributed by atoms with Gasteiger partial charge in [-0.15, -0.1) is 10.2 Å². The molecule has 2 saturated carbocycles. The Morgan fingerprint density at radius 3 is 2.31 bits per heavy atom. The van der Waals surface area contributed by atoms with Crippen molar-refractivity contribution in [2.24, 2.45) is 17.8 Å². The Morgan fingerprint density at radius 2 is 1.63 bits per heavy atom. The van der Waals surface area contributed by atoms with Crippen molar-refractivity contribution in [3.8, 4) is 0 Å². The zero-order valence-electron chi connectivity index (χ0n) is 20.1. The second kappa shape index (κ2) is 8.80. The Balaban J connectivity index is 1.18. The minimum atomic E-state index is -3.57. The number of benzene rings is 1. The van der Waals surface area contributed by atoms with Crippen LogP contribution in [-0.2, 0) is 16.6 Å². The van der Waals surface area contributed by atoms with Gasteiger partial charge in [0.2, 0.25) is 10.0 Å². The van der Waals surface area contributed by atoms with Gasteiger partial charge in [-0.3, -0.25) is 0 Å². The van der Waals surface area contributed by atoms with Crippen LogP contribution >= 0.6 is 0 Å². The van der Waals surface area contributed by atoms with Crippen molar-refractivity contribution in [3.05, 3.63) is 42.0 Å². The minimum absolute atomic E-state index is 0.109. The summed E-state index contributed by atoms with van der Waals surface area (Å²) in [6.07, 6.45) is 10.0. The Hall–Kier alpha value is -2.07. The summed E-state index contributed by atoms with van der Waals surface area (Å²) in [4.78, 5) is 1.90. The Kier molecular flexibility index (Phi) is 5.86. The molecule has 4 fully saturated rings. The molecule has 0 radical (unpaired) electrons. The summed E-state index contributed by atoms with van der Waals surface area (Å²) in [7, 11) is -3.57. The average Bonchev–Trinajstić information content (AvgIpc) is 3.21. The first-order valence-corrected chi connectivity index (χ1v) is 14.4. The van der Waals surface area contributed by atoms with Crippen LogP contribution < -0.4 is 4.90 Å². The van der Waals surface area contributed by atoms with E-state index in [9.17, 15) is 8.42 Å². The number of hydrogen-bond acceptors (Lipinski definition) is 5. The van der Waals surface area contributed by atoms with Gasteiger partial charge in [-0.25, -0.2) is 17.2 Å². The predicted molar refractivity (Wildman–Crippen MR) is 128 cm³/mol. The van der Waals surface area contributed by atoms with Gasteiger partial charge in [-0.2, -0.15) is 4.31 Å². The molecule has 0 unspecified atom stereocenters. The summed E-state index contributed by atoms with van der Waals surface area (Å²) in [6, 6.07) is 2.57. The number of halogens is 2. The summed E-state index contributed by atoms with van der Waals surface area (Å²) in [6.45, 7) is 3.07. The molecule has 4 aliphatic rings. The van der Waals surface area contributed by atoms with Gasteiger partial charge in [0, 0.05) is 55.2 Å². The summed E-state index contributed by atoms with van der Waals surface area (Å²) in [5, 5.41) is 7.32. The average molecular weight is 506 g/mol. The van der Waals surface area contributed by atoms with E-state index in [4.69, 9.17) is 0 Å². The first-order valence-electron chi connectivity index (χ1n) is 12.9. The van der Waals surface area contributed by atoms with Crippen molar-refractivity contribution in [2.75, 3.05) is 18.0 Å². The van der Waals surface area contributed by atoms with E-state index in [1.165, 1.54) is 22.9 Å². The Morgan fingerprint density at radius 1 is 0.943 bits per heavy atom. The van der Waals surface area contributed by atoms with E-state index >= 15 is 8.78 Å². The van der Waals surface area contributed by atoms with Crippen molar-refractivity contribution in [2.45, 2.75) is 75.7 Å². The number of nitrogens with zero attached hydrogens (tertiary/aromatic N) is 5. The zero-order valence-corrected chi connectivity index (χ0v) is 20.9. The van der Waals surface area contributed by atoms with E-state index in [0.717, 1.165) is 32.1 Å². The van der Waals surface area contributed by atoms with Gasteiger partial charge < -0.3 is 9.47 Å². The number of piperidine rings is 1. The molecule has 190 valence electrons. The van der Waals surface area contributed by atoms with Gasteiger partial charge in [0.25, 0.3) is 0 Å². The third-order valence-electron chi connectivity index (χ3n) is 8.96. The highest BCUT2D eigenvalue weighted by Gasteiger charge is 2.57. The molecule has 0 spiro atoms. The van der Waals surface area contributed by atoms with Crippen molar-refractivity contribution in [1.29, 1.82) is 0 Å². The third-order valence-corrected chi connectivity index (χ3v) is 11.5. The maximum Gasteiger partial charge on any atom is 0.217 e. The largest absolute Gasteiger partial charge is 0.368 e. The van der Waals surface area contributed by atoms with Crippen LogP contribution in [0.5, 0.6) is 0 Å². The molecular weight excluding hydrogens is 472 g/mol. The van der Waals surface area contributed by atoms with Gasteiger partial charge in [0.05, 0.1) is 10.9 Å². The summed E-state index contributed by atoms with van der Waals surface area (Å²) >= 11 is 0. The smallest absolute Gasteiger partial charge is 0.217 e. The molecule has 2 aliphatic carbocycles. The number of hydrogen-bond donors (Lipinski definition) is 0. The molecule has 0 amide bonds. The first kappa shape index (κ1) is 23.3. The molecule has 35 heavy (non-hydrogen) atoms. The van der Waals surface area contributed by atoms with Crippen LogP contribution in [0.25, 0.3) is 0 Å². The highest BCUT2D eigenvalue weighted by atomic mass is 32.2. The fourth-order valence-electron chi connectivity index (χ4n) is 6.96. The van der Waals surface area contributed by atoms with Crippen molar-refractivity contribution < 1.29 is 17.2 Å². The lowest BCUT2D eigenvalue weighted by atomic mass is 9.85. The van der Waals surface area contributed by atoms with E-state index in [2.05, 4.69) is 10.2 Å². The van der Waals surface area contributed by atoms with Gasteiger partial charge in [0.1, 0.15) is 24.3 Å². The van der Waals surface area contributed by atoms with Crippen molar-refractivity contribution >= 4 is 15.7 Å². The second-order valence-electron chi connectivity index (χ2n) is 11.0. The number of fused-ring (bicyclic) bond motifs is 1. The molecule has 1 aromatic heterocycles. The van der Waals surface area contributed by atoms with E-state index in [0.29, 0.717) is 37.4 Å². The summed E-state index contributed by atoms with van der Waals surface area (Å²) in [5.41, 5.74) is 0.369. The van der Waals surface area contributed by atoms with Gasteiger partial charge in [-0.1, -0.05) is 19.3 Å². The molecule has 6 rings (SSSR count). The second-order valence-corrected chi connectivity index (χ2v) is 13.1. The van der Waals surface area contributed by atoms with Crippen LogP contribution in [0.2, 0.25) is 0 Å². The standard InChI is InChI=1S/C25H33F2N5O2S/c1-16-7-8-24(17-5-3-2-4-6-17)35(33,34)32(16)11-18-9-22(27)23(10-21(18)26)30-12-19-20(13-30)25(19)31-14-28-29-15-31/h9-10,14-17,19-20,24-25H,2-8,11-13H2,1H3/t16-,19-,20+,24-,25+/m0/s1. The van der Waals surface area contributed by atoms with Crippen LogP contribution in [0.15, 0.2) is 24.8 Å². The van der Waals surface area contributed by atoms with Crippen LogP contribution in [0.3, 0.4) is 0 Å². The molecule has 10 heteroatoms. The van der Waals surface area contributed by atoms with E-state index < -0.39 is 26.9 Å². The minimum Gasteiger partial charge on any atom is -0.368 e. The topological polar surface area (TPSA) is 71.3 Å². The molecule has 5 atom stereocenters. The lowest BCUT2D eigenvalue weighted by Gasteiger charge is -2.41. The van der Waals surface area contributed by atoms with Crippen molar-refractivity contribution in [1.82, 2.24) is 19.1 Å². The monoisotopic (exact) mass is 505 g/mol. The van der Waals surface area contributed by atoms with Gasteiger partial charge in [0.15, 0.2) is 0 Å². The number of anilines is 1. The van der Waals surface area contributed by atoms with Gasteiger partial charge in [-0.05, 0) is 44.6 Å². The zero-order chi connectivity index (χ0) is 24.3. The normalized spacial score (nSPS) is 33.1. The highest BCUT2D eigenvalue weighted by Crippen LogP contribution is 2.56. The number of sulfonamides is 1. The highest BCUT2D eigenvalue weighted by molar-refractivity contribution is 7.89. The fraction of sp³-hybridized carbons (Fsp3) is 0.680. The summed E-state index contributed by atoms with van der Waals surface area (Å²) < 4.78 is 61.0. The van der Waals surface area contributed by atoms with Gasteiger partial charge >= 0.3 is 0 Å². The third kappa shape index (κ3) is 4.06. The van der Waals surface area contributed by atoms with E-state index in [1.54, 1.807) is 12.7 Å². The fourth-order valence-corrected chi connectivity index (χ4v) is 9.43. The molecule has 0 N–H and O–H groups in total. The molecule has 7 nitrogen and oxygen atoms in total. The Labute approximate surface area is 205 Å². The lowest BCUT2D eigenvalue weighted by molar-refractivity contribution is 0.241. The van der Waals surface area contributed by atoms with Crippen molar-refractivity contribution in [3.63, 3.8) is 0 Å². The van der Waals surface area contributed by atoms with E-state index in [1.807, 2.05) is 16.4 Å². The molecule has 2 aliphatic heterocycles. The number of rotatable bonds is 5. The first-order chi connectivity index (χ1) is 16.8. The van der Waals surface area contributed by atoms with Crippen LogP contribution in [0.1, 0.15) is 63.5 Å². The lowest BCUT2D eigenvalue weighted by Crippen LogP contribution is -2.50.